The number of carbonyl (C=O) groups excluding carboxylic acids is 2. The van der Waals surface area contributed by atoms with E-state index in [0.29, 0.717) is 37.5 Å². The number of rotatable bonds is 6. The molecule has 2 heterocycles. The largest absolute Gasteiger partial charge is 0.453 e. The molecule has 1 unspecified atom stereocenters. The van der Waals surface area contributed by atoms with Gasteiger partial charge in [-0.25, -0.2) is 4.79 Å². The predicted molar refractivity (Wildman–Crippen MR) is 115 cm³/mol. The molecule has 0 aromatic heterocycles. The zero-order chi connectivity index (χ0) is 21.3. The van der Waals surface area contributed by atoms with Crippen molar-refractivity contribution in [2.45, 2.75) is 49.2 Å². The molecule has 0 spiro atoms. The SMILES string of the molecule is COC(=O)N1CC(CC(=O)N(C)C)(N2CCC(N[C@@H]3CC3c3ccccc3)CC2)C1. The highest BCUT2D eigenvalue weighted by atomic mass is 16.5. The Kier molecular flexibility index (Phi) is 6.02. The van der Waals surface area contributed by atoms with E-state index >= 15 is 0 Å². The highest BCUT2D eigenvalue weighted by molar-refractivity contribution is 5.78. The van der Waals surface area contributed by atoms with Crippen LogP contribution in [0.5, 0.6) is 0 Å². The number of hydrogen-bond donors (Lipinski definition) is 1. The van der Waals surface area contributed by atoms with Gasteiger partial charge in [0.2, 0.25) is 5.91 Å². The fourth-order valence-electron chi connectivity index (χ4n) is 5.06. The molecule has 2 atom stereocenters. The quantitative estimate of drug-likeness (QED) is 0.770. The van der Waals surface area contributed by atoms with Gasteiger partial charge in [0, 0.05) is 64.7 Å². The second-order valence-corrected chi connectivity index (χ2v) is 9.30. The molecule has 1 saturated carbocycles. The third-order valence-electron chi connectivity index (χ3n) is 7.02. The van der Waals surface area contributed by atoms with Gasteiger partial charge >= 0.3 is 6.09 Å². The molecule has 0 bridgehead atoms. The van der Waals surface area contributed by atoms with Gasteiger partial charge in [-0.15, -0.1) is 0 Å². The summed E-state index contributed by atoms with van der Waals surface area (Å²) in [5.41, 5.74) is 1.18. The van der Waals surface area contributed by atoms with Gasteiger partial charge in [-0.2, -0.15) is 0 Å². The minimum absolute atomic E-state index is 0.114. The molecule has 2 saturated heterocycles. The van der Waals surface area contributed by atoms with E-state index in [1.54, 1.807) is 23.9 Å². The van der Waals surface area contributed by atoms with Crippen molar-refractivity contribution in [3.05, 3.63) is 35.9 Å². The van der Waals surface area contributed by atoms with Crippen molar-refractivity contribution in [1.82, 2.24) is 20.0 Å². The van der Waals surface area contributed by atoms with Crippen LogP contribution in [0.1, 0.15) is 37.2 Å². The fraction of sp³-hybridized carbons (Fsp3) is 0.652. The lowest BCUT2D eigenvalue weighted by molar-refractivity contribution is -0.137. The van der Waals surface area contributed by atoms with Gasteiger partial charge in [0.15, 0.2) is 0 Å². The summed E-state index contributed by atoms with van der Waals surface area (Å²) in [7, 11) is 4.99. The Labute approximate surface area is 179 Å². The lowest BCUT2D eigenvalue weighted by atomic mass is 9.82. The molecule has 4 rings (SSSR count). The number of likely N-dealkylation sites (tertiary alicyclic amines) is 2. The van der Waals surface area contributed by atoms with Gasteiger partial charge in [0.1, 0.15) is 0 Å². The molecular formula is C23H34N4O3. The van der Waals surface area contributed by atoms with Crippen LogP contribution >= 0.6 is 0 Å². The minimum atomic E-state index is -0.305. The average molecular weight is 415 g/mol. The highest BCUT2D eigenvalue weighted by Gasteiger charge is 2.52. The average Bonchev–Trinajstić information content (AvgIpc) is 3.50. The maximum Gasteiger partial charge on any atom is 0.409 e. The Balaban J connectivity index is 1.31. The molecule has 7 heteroatoms. The topological polar surface area (TPSA) is 65.1 Å². The molecule has 3 fully saturated rings. The zero-order valence-corrected chi connectivity index (χ0v) is 18.3. The number of ether oxygens (including phenoxy) is 1. The van der Waals surface area contributed by atoms with Crippen LogP contribution in [-0.4, -0.2) is 91.7 Å². The number of piperidine rings is 1. The zero-order valence-electron chi connectivity index (χ0n) is 18.3. The summed E-state index contributed by atoms with van der Waals surface area (Å²) >= 11 is 0. The summed E-state index contributed by atoms with van der Waals surface area (Å²) < 4.78 is 4.86. The first-order valence-corrected chi connectivity index (χ1v) is 11.0. The molecule has 164 valence electrons. The lowest BCUT2D eigenvalue weighted by Crippen LogP contribution is -2.73. The number of nitrogens with one attached hydrogen (secondary N) is 1. The van der Waals surface area contributed by atoms with Crippen molar-refractivity contribution in [2.24, 2.45) is 0 Å². The van der Waals surface area contributed by atoms with E-state index in [4.69, 9.17) is 4.74 Å². The first-order chi connectivity index (χ1) is 14.4. The van der Waals surface area contributed by atoms with Crippen molar-refractivity contribution in [3.8, 4) is 0 Å². The molecule has 2 aliphatic heterocycles. The molecule has 2 amide bonds. The second kappa shape index (κ2) is 8.55. The molecule has 3 aliphatic rings. The van der Waals surface area contributed by atoms with Gasteiger partial charge < -0.3 is 19.9 Å². The normalized spacial score (nSPS) is 26.0. The summed E-state index contributed by atoms with van der Waals surface area (Å²) in [6.07, 6.45) is 3.52. The molecule has 1 aliphatic carbocycles. The van der Waals surface area contributed by atoms with Crippen LogP contribution in [0.2, 0.25) is 0 Å². The predicted octanol–water partition coefficient (Wildman–Crippen LogP) is 1.90. The number of hydrogen-bond acceptors (Lipinski definition) is 5. The van der Waals surface area contributed by atoms with E-state index < -0.39 is 0 Å². The fourth-order valence-corrected chi connectivity index (χ4v) is 5.06. The molecule has 30 heavy (non-hydrogen) atoms. The minimum Gasteiger partial charge on any atom is -0.453 e. The van der Waals surface area contributed by atoms with Gasteiger partial charge in [0.05, 0.1) is 12.6 Å². The summed E-state index contributed by atoms with van der Waals surface area (Å²) in [6.45, 7) is 3.04. The van der Waals surface area contributed by atoms with E-state index in [-0.39, 0.29) is 17.5 Å². The van der Waals surface area contributed by atoms with Crippen LogP contribution < -0.4 is 5.32 Å². The van der Waals surface area contributed by atoms with E-state index in [2.05, 4.69) is 40.5 Å². The summed E-state index contributed by atoms with van der Waals surface area (Å²) in [5.74, 6) is 0.761. The number of benzene rings is 1. The second-order valence-electron chi connectivity index (χ2n) is 9.30. The van der Waals surface area contributed by atoms with Gasteiger partial charge in [-0.05, 0) is 24.8 Å². The third-order valence-corrected chi connectivity index (χ3v) is 7.02. The standard InChI is InChI=1S/C23H34N4O3/c1-25(2)21(28)14-23(15-26(16-23)22(29)30-3)27-11-9-18(10-12-27)24-20-13-19(20)17-7-5-4-6-8-17/h4-8,18-20,24H,9-16H2,1-3H3/t19?,20-/m1/s1. The molecular weight excluding hydrogens is 380 g/mol. The molecule has 7 nitrogen and oxygen atoms in total. The number of methoxy groups -OCH3 is 1. The number of amides is 2. The van der Waals surface area contributed by atoms with E-state index in [1.807, 2.05) is 0 Å². The first kappa shape index (κ1) is 21.1. The number of nitrogens with zero attached hydrogens (tertiary/aromatic N) is 3. The Morgan fingerprint density at radius 2 is 1.83 bits per heavy atom. The van der Waals surface area contributed by atoms with E-state index in [9.17, 15) is 9.59 Å². The van der Waals surface area contributed by atoms with Crippen LogP contribution in [-0.2, 0) is 9.53 Å². The maximum absolute atomic E-state index is 12.5. The van der Waals surface area contributed by atoms with Crippen molar-refractivity contribution >= 4 is 12.0 Å². The smallest absolute Gasteiger partial charge is 0.409 e. The first-order valence-electron chi connectivity index (χ1n) is 11.0. The van der Waals surface area contributed by atoms with Crippen molar-refractivity contribution in [3.63, 3.8) is 0 Å². The van der Waals surface area contributed by atoms with Crippen LogP contribution in [0.4, 0.5) is 4.79 Å². The number of carbonyl (C=O) groups is 2. The van der Waals surface area contributed by atoms with E-state index in [0.717, 1.165) is 25.9 Å². The Morgan fingerprint density at radius 1 is 1.17 bits per heavy atom. The van der Waals surface area contributed by atoms with Crippen LogP contribution in [0.3, 0.4) is 0 Å². The van der Waals surface area contributed by atoms with Crippen molar-refractivity contribution < 1.29 is 14.3 Å². The summed E-state index contributed by atoms with van der Waals surface area (Å²) in [6, 6.07) is 11.9. The van der Waals surface area contributed by atoms with Crippen LogP contribution in [0.15, 0.2) is 30.3 Å². The summed E-state index contributed by atoms with van der Waals surface area (Å²) in [4.78, 5) is 30.2. The van der Waals surface area contributed by atoms with Gasteiger partial charge in [-0.1, -0.05) is 30.3 Å². The van der Waals surface area contributed by atoms with Crippen LogP contribution in [0, 0.1) is 0 Å². The van der Waals surface area contributed by atoms with Gasteiger partial charge in [-0.3, -0.25) is 9.69 Å². The Bertz CT molecular complexity index is 755. The molecule has 0 radical (unpaired) electrons. The van der Waals surface area contributed by atoms with Crippen molar-refractivity contribution in [1.29, 1.82) is 0 Å². The summed E-state index contributed by atoms with van der Waals surface area (Å²) in [5, 5.41) is 3.86. The molecule has 1 N–H and O–H groups in total. The molecule has 1 aromatic carbocycles. The lowest BCUT2D eigenvalue weighted by Gasteiger charge is -2.56. The van der Waals surface area contributed by atoms with Gasteiger partial charge in [0.25, 0.3) is 0 Å². The molecule has 1 aromatic rings. The Morgan fingerprint density at radius 3 is 2.43 bits per heavy atom. The van der Waals surface area contributed by atoms with Crippen LogP contribution in [0.25, 0.3) is 0 Å². The Hall–Kier alpha value is -2.12. The highest BCUT2D eigenvalue weighted by Crippen LogP contribution is 2.42. The maximum atomic E-state index is 12.5. The third kappa shape index (κ3) is 4.32. The van der Waals surface area contributed by atoms with E-state index in [1.165, 1.54) is 19.1 Å². The van der Waals surface area contributed by atoms with Crippen molar-refractivity contribution in [2.75, 3.05) is 47.4 Å². The monoisotopic (exact) mass is 414 g/mol.